The Morgan fingerprint density at radius 1 is 1.00 bits per heavy atom. The molecule has 0 saturated carbocycles. The quantitative estimate of drug-likeness (QED) is 0.313. The van der Waals surface area contributed by atoms with Gasteiger partial charge in [0, 0.05) is 30.2 Å². The van der Waals surface area contributed by atoms with Crippen LogP contribution >= 0.6 is 0 Å². The molecule has 0 saturated heterocycles. The highest BCUT2D eigenvalue weighted by molar-refractivity contribution is 6.43. The summed E-state index contributed by atoms with van der Waals surface area (Å²) in [4.78, 5) is 43.6. The molecule has 0 aliphatic carbocycles. The zero-order chi connectivity index (χ0) is 23.9. The molecular formula is C24H21N5O5. The summed E-state index contributed by atoms with van der Waals surface area (Å²) in [6.07, 6.45) is 4.51. The fourth-order valence-electron chi connectivity index (χ4n) is 3.21. The number of H-pyrrole nitrogens is 1. The first-order valence-electron chi connectivity index (χ1n) is 10.2. The summed E-state index contributed by atoms with van der Waals surface area (Å²) in [5, 5.41) is 7.88. The van der Waals surface area contributed by atoms with Crippen LogP contribution < -0.4 is 20.7 Å². The van der Waals surface area contributed by atoms with Crippen molar-refractivity contribution in [3.63, 3.8) is 0 Å². The van der Waals surface area contributed by atoms with Gasteiger partial charge in [-0.1, -0.05) is 12.1 Å². The SMILES string of the molecule is COc1cc(NC(=O)C(=O)Nc2cccc(CNC(=O)c3ccc[nH]3)c2)ccc1-c1cnco1. The van der Waals surface area contributed by atoms with Crippen molar-refractivity contribution in [3.05, 3.63) is 84.6 Å². The third kappa shape index (κ3) is 5.30. The van der Waals surface area contributed by atoms with Crippen molar-refractivity contribution in [2.75, 3.05) is 17.7 Å². The van der Waals surface area contributed by atoms with Crippen molar-refractivity contribution in [2.24, 2.45) is 0 Å². The van der Waals surface area contributed by atoms with Crippen molar-refractivity contribution in [2.45, 2.75) is 6.54 Å². The van der Waals surface area contributed by atoms with Gasteiger partial charge in [-0.2, -0.15) is 0 Å². The highest BCUT2D eigenvalue weighted by Crippen LogP contribution is 2.32. The lowest BCUT2D eigenvalue weighted by Crippen LogP contribution is -2.29. The first kappa shape index (κ1) is 22.3. The Kier molecular flexibility index (Phi) is 6.68. The normalized spacial score (nSPS) is 10.4. The van der Waals surface area contributed by atoms with Gasteiger partial charge in [-0.3, -0.25) is 14.4 Å². The summed E-state index contributed by atoms with van der Waals surface area (Å²) >= 11 is 0. The number of aromatic amines is 1. The number of anilines is 2. The van der Waals surface area contributed by atoms with Gasteiger partial charge in [0.2, 0.25) is 0 Å². The minimum absolute atomic E-state index is 0.247. The maximum atomic E-state index is 12.4. The van der Waals surface area contributed by atoms with Crippen LogP contribution in [-0.2, 0) is 16.1 Å². The van der Waals surface area contributed by atoms with Crippen molar-refractivity contribution in [3.8, 4) is 17.1 Å². The first-order valence-corrected chi connectivity index (χ1v) is 10.2. The van der Waals surface area contributed by atoms with Crippen molar-refractivity contribution >= 4 is 29.1 Å². The van der Waals surface area contributed by atoms with E-state index >= 15 is 0 Å². The summed E-state index contributed by atoms with van der Waals surface area (Å²) in [7, 11) is 1.49. The predicted molar refractivity (Wildman–Crippen MR) is 124 cm³/mol. The lowest BCUT2D eigenvalue weighted by atomic mass is 10.1. The fraction of sp³-hybridized carbons (Fsp3) is 0.0833. The Hall–Kier alpha value is -4.86. The smallest absolute Gasteiger partial charge is 0.314 e. The monoisotopic (exact) mass is 459 g/mol. The van der Waals surface area contributed by atoms with E-state index in [9.17, 15) is 14.4 Å². The van der Waals surface area contributed by atoms with Crippen LogP contribution in [0.25, 0.3) is 11.3 Å². The third-order valence-electron chi connectivity index (χ3n) is 4.84. The largest absolute Gasteiger partial charge is 0.496 e. The molecule has 0 atom stereocenters. The molecule has 0 fully saturated rings. The van der Waals surface area contributed by atoms with Crippen LogP contribution in [-0.4, -0.2) is 34.8 Å². The standard InChI is InChI=1S/C24H21N5O5/c1-33-20-11-17(7-8-18(20)21-13-25-14-34-21)29-24(32)23(31)28-16-5-2-4-15(10-16)12-27-22(30)19-6-3-9-26-19/h2-11,13-14,26H,12H2,1H3,(H,27,30)(H,28,31)(H,29,32). The minimum Gasteiger partial charge on any atom is -0.496 e. The lowest BCUT2D eigenvalue weighted by Gasteiger charge is -2.11. The average molecular weight is 459 g/mol. The summed E-state index contributed by atoms with van der Waals surface area (Å²) in [6, 6.07) is 15.1. The number of nitrogens with zero attached hydrogens (tertiary/aromatic N) is 1. The van der Waals surface area contributed by atoms with Gasteiger partial charge in [0.15, 0.2) is 12.2 Å². The molecule has 4 N–H and O–H groups in total. The molecule has 3 amide bonds. The van der Waals surface area contributed by atoms with Gasteiger partial charge in [0.1, 0.15) is 11.4 Å². The Balaban J connectivity index is 1.36. The average Bonchev–Trinajstić information content (AvgIpc) is 3.57. The predicted octanol–water partition coefficient (Wildman–Crippen LogP) is 3.19. The molecule has 0 spiro atoms. The molecule has 4 rings (SSSR count). The van der Waals surface area contributed by atoms with Crippen LogP contribution in [0.5, 0.6) is 5.75 Å². The Labute approximate surface area is 194 Å². The van der Waals surface area contributed by atoms with E-state index in [0.717, 1.165) is 5.56 Å². The maximum Gasteiger partial charge on any atom is 0.314 e. The van der Waals surface area contributed by atoms with Crippen LogP contribution in [0, 0.1) is 0 Å². The number of carbonyl (C=O) groups is 3. The van der Waals surface area contributed by atoms with Crippen LogP contribution in [0.1, 0.15) is 16.1 Å². The van der Waals surface area contributed by atoms with Crippen molar-refractivity contribution < 1.29 is 23.5 Å². The summed E-state index contributed by atoms with van der Waals surface area (Å²) in [5.41, 5.74) is 2.66. The molecule has 172 valence electrons. The van der Waals surface area contributed by atoms with E-state index in [2.05, 4.69) is 25.9 Å². The van der Waals surface area contributed by atoms with Crippen LogP contribution in [0.2, 0.25) is 0 Å². The number of benzene rings is 2. The molecule has 34 heavy (non-hydrogen) atoms. The molecule has 0 unspecified atom stereocenters. The number of oxazole rings is 1. The number of rotatable bonds is 7. The van der Waals surface area contributed by atoms with E-state index < -0.39 is 11.8 Å². The molecule has 2 aromatic carbocycles. The minimum atomic E-state index is -0.847. The van der Waals surface area contributed by atoms with Crippen LogP contribution in [0.3, 0.4) is 0 Å². The Morgan fingerprint density at radius 3 is 2.47 bits per heavy atom. The van der Waals surface area contributed by atoms with Crippen LogP contribution in [0.4, 0.5) is 11.4 Å². The van der Waals surface area contributed by atoms with Crippen LogP contribution in [0.15, 0.2) is 77.8 Å². The molecule has 2 heterocycles. The van der Waals surface area contributed by atoms with Gasteiger partial charge >= 0.3 is 11.8 Å². The zero-order valence-electron chi connectivity index (χ0n) is 18.1. The molecule has 2 aromatic heterocycles. The fourth-order valence-corrected chi connectivity index (χ4v) is 3.21. The number of ether oxygens (including phenoxy) is 1. The summed E-state index contributed by atoms with van der Waals surface area (Å²) in [6.45, 7) is 0.255. The maximum absolute atomic E-state index is 12.4. The van der Waals surface area contributed by atoms with Gasteiger partial charge in [-0.25, -0.2) is 4.98 Å². The number of hydrogen-bond acceptors (Lipinski definition) is 6. The number of hydrogen-bond donors (Lipinski definition) is 4. The number of methoxy groups -OCH3 is 1. The Morgan fingerprint density at radius 2 is 1.79 bits per heavy atom. The lowest BCUT2D eigenvalue weighted by molar-refractivity contribution is -0.132. The second kappa shape index (κ2) is 10.2. The zero-order valence-corrected chi connectivity index (χ0v) is 18.1. The van der Waals surface area contributed by atoms with Gasteiger partial charge in [-0.15, -0.1) is 0 Å². The Bertz CT molecular complexity index is 1300. The molecule has 4 aromatic rings. The molecular weight excluding hydrogens is 438 g/mol. The van der Waals surface area contributed by atoms with Gasteiger partial charge < -0.3 is 30.1 Å². The molecule has 0 aliphatic heterocycles. The summed E-state index contributed by atoms with van der Waals surface area (Å²) < 4.78 is 10.6. The second-order valence-electron chi connectivity index (χ2n) is 7.16. The van der Waals surface area contributed by atoms with E-state index in [4.69, 9.17) is 9.15 Å². The third-order valence-corrected chi connectivity index (χ3v) is 4.84. The van der Waals surface area contributed by atoms with E-state index in [1.807, 2.05) is 0 Å². The number of nitrogens with one attached hydrogen (secondary N) is 4. The van der Waals surface area contributed by atoms with E-state index in [1.165, 1.54) is 13.5 Å². The molecule has 10 heteroatoms. The second-order valence-corrected chi connectivity index (χ2v) is 7.16. The highest BCUT2D eigenvalue weighted by Gasteiger charge is 2.16. The van der Waals surface area contributed by atoms with Crippen molar-refractivity contribution in [1.82, 2.24) is 15.3 Å². The van der Waals surface area contributed by atoms with E-state index in [1.54, 1.807) is 67.0 Å². The van der Waals surface area contributed by atoms with E-state index in [-0.39, 0.29) is 12.5 Å². The molecule has 0 bridgehead atoms. The number of amides is 3. The molecule has 0 aliphatic rings. The van der Waals surface area contributed by atoms with Gasteiger partial charge in [-0.05, 0) is 42.0 Å². The topological polar surface area (TPSA) is 138 Å². The number of aromatic nitrogens is 2. The number of carbonyl (C=O) groups excluding carboxylic acids is 3. The van der Waals surface area contributed by atoms with E-state index in [0.29, 0.717) is 34.1 Å². The molecule has 10 nitrogen and oxygen atoms in total. The highest BCUT2D eigenvalue weighted by atomic mass is 16.5. The molecule has 0 radical (unpaired) electrons. The van der Waals surface area contributed by atoms with Crippen molar-refractivity contribution in [1.29, 1.82) is 0 Å². The first-order chi connectivity index (χ1) is 16.5. The van der Waals surface area contributed by atoms with Gasteiger partial charge in [0.05, 0.1) is 18.9 Å². The summed E-state index contributed by atoms with van der Waals surface area (Å²) in [5.74, 6) is -0.977. The van der Waals surface area contributed by atoms with Gasteiger partial charge in [0.25, 0.3) is 5.91 Å².